The molecule has 1 N–H and O–H groups in total. The number of halogens is 5. The largest absolute Gasteiger partial charge is 0.417 e. The van der Waals surface area contributed by atoms with Gasteiger partial charge in [-0.25, -0.2) is 9.97 Å². The standard InChI is InChI=1S/C17H9Cl2F3N4O2S/c18-9-1-4-11(5-2-9)29-16-14(26(27)28)15(23-8-24-16)25-10-3-6-13(19)12(7-10)17(20,21)22/h1-8H,(H,23,24,25). The molecule has 0 saturated carbocycles. The molecule has 150 valence electrons. The summed E-state index contributed by atoms with van der Waals surface area (Å²) in [5.74, 6) is -0.253. The maximum absolute atomic E-state index is 13.1. The van der Waals surface area contributed by atoms with E-state index in [0.717, 1.165) is 30.2 Å². The monoisotopic (exact) mass is 460 g/mol. The van der Waals surface area contributed by atoms with Gasteiger partial charge in [-0.3, -0.25) is 10.1 Å². The average Bonchev–Trinajstić information content (AvgIpc) is 2.64. The van der Waals surface area contributed by atoms with Crippen LogP contribution in [0.5, 0.6) is 0 Å². The van der Waals surface area contributed by atoms with Crippen LogP contribution >= 0.6 is 35.0 Å². The smallest absolute Gasteiger partial charge is 0.334 e. The molecule has 0 bridgehead atoms. The molecule has 1 aromatic heterocycles. The molecule has 12 heteroatoms. The molecule has 0 radical (unpaired) electrons. The summed E-state index contributed by atoms with van der Waals surface area (Å²) in [5.41, 5.74) is -1.61. The van der Waals surface area contributed by atoms with Gasteiger partial charge in [0.1, 0.15) is 6.33 Å². The first kappa shape index (κ1) is 21.2. The Kier molecular flexibility index (Phi) is 6.15. The van der Waals surface area contributed by atoms with Crippen LogP contribution in [-0.2, 0) is 6.18 Å². The molecular weight excluding hydrogens is 452 g/mol. The molecule has 0 saturated heterocycles. The van der Waals surface area contributed by atoms with Gasteiger partial charge in [-0.2, -0.15) is 13.2 Å². The van der Waals surface area contributed by atoms with Gasteiger partial charge in [-0.1, -0.05) is 35.0 Å². The number of nitrogens with one attached hydrogen (secondary N) is 1. The molecule has 0 unspecified atom stereocenters. The number of benzene rings is 2. The fraction of sp³-hybridized carbons (Fsp3) is 0.0588. The number of hydrogen-bond acceptors (Lipinski definition) is 6. The van der Waals surface area contributed by atoms with Crippen LogP contribution in [0.2, 0.25) is 10.0 Å². The Hall–Kier alpha value is -2.56. The lowest BCUT2D eigenvalue weighted by molar-refractivity contribution is -0.387. The van der Waals surface area contributed by atoms with Crippen LogP contribution in [-0.4, -0.2) is 14.9 Å². The third-order valence-corrected chi connectivity index (χ3v) is 5.12. The molecule has 0 amide bonds. The maximum atomic E-state index is 13.1. The van der Waals surface area contributed by atoms with Crippen molar-refractivity contribution in [1.29, 1.82) is 0 Å². The summed E-state index contributed by atoms with van der Waals surface area (Å²) in [7, 11) is 0. The summed E-state index contributed by atoms with van der Waals surface area (Å²) in [4.78, 5) is 19.3. The first-order chi connectivity index (χ1) is 13.6. The Morgan fingerprint density at radius 3 is 2.38 bits per heavy atom. The molecule has 2 aromatic carbocycles. The summed E-state index contributed by atoms with van der Waals surface area (Å²) >= 11 is 12.4. The fourth-order valence-electron chi connectivity index (χ4n) is 2.26. The topological polar surface area (TPSA) is 81.0 Å². The highest BCUT2D eigenvalue weighted by Gasteiger charge is 2.33. The second-order valence-electron chi connectivity index (χ2n) is 5.51. The Balaban J connectivity index is 1.98. The van der Waals surface area contributed by atoms with Gasteiger partial charge < -0.3 is 5.32 Å². The molecule has 0 spiro atoms. The zero-order chi connectivity index (χ0) is 21.2. The van der Waals surface area contributed by atoms with Gasteiger partial charge in [0.15, 0.2) is 5.03 Å². The number of rotatable bonds is 5. The van der Waals surface area contributed by atoms with Crippen molar-refractivity contribution in [3.05, 3.63) is 74.5 Å². The molecule has 29 heavy (non-hydrogen) atoms. The van der Waals surface area contributed by atoms with Crippen molar-refractivity contribution in [2.45, 2.75) is 16.1 Å². The zero-order valence-corrected chi connectivity index (χ0v) is 16.4. The Bertz CT molecular complexity index is 1070. The van der Waals surface area contributed by atoms with Gasteiger partial charge in [-0.15, -0.1) is 0 Å². The maximum Gasteiger partial charge on any atom is 0.417 e. The Morgan fingerprint density at radius 2 is 1.76 bits per heavy atom. The van der Waals surface area contributed by atoms with Gasteiger partial charge in [0.25, 0.3) is 0 Å². The van der Waals surface area contributed by atoms with Crippen LogP contribution in [0.25, 0.3) is 0 Å². The molecule has 0 atom stereocenters. The van der Waals surface area contributed by atoms with Crippen molar-refractivity contribution in [2.24, 2.45) is 0 Å². The predicted octanol–water partition coefficient (Wildman–Crippen LogP) is 6.61. The third kappa shape index (κ3) is 5.08. The minimum Gasteiger partial charge on any atom is -0.334 e. The van der Waals surface area contributed by atoms with Gasteiger partial charge in [0.2, 0.25) is 5.82 Å². The van der Waals surface area contributed by atoms with E-state index in [4.69, 9.17) is 23.2 Å². The third-order valence-electron chi connectivity index (χ3n) is 3.53. The number of aromatic nitrogens is 2. The van der Waals surface area contributed by atoms with Crippen LogP contribution in [0.15, 0.2) is 58.7 Å². The van der Waals surface area contributed by atoms with E-state index in [1.54, 1.807) is 24.3 Å². The van der Waals surface area contributed by atoms with E-state index in [2.05, 4.69) is 15.3 Å². The van der Waals surface area contributed by atoms with Crippen molar-refractivity contribution < 1.29 is 18.1 Å². The van der Waals surface area contributed by atoms with E-state index in [0.29, 0.717) is 9.92 Å². The van der Waals surface area contributed by atoms with E-state index in [-0.39, 0.29) is 16.5 Å². The minimum atomic E-state index is -4.68. The van der Waals surface area contributed by atoms with Crippen LogP contribution < -0.4 is 5.32 Å². The molecule has 0 aliphatic heterocycles. The highest BCUT2D eigenvalue weighted by Crippen LogP contribution is 2.40. The molecule has 0 aliphatic carbocycles. The second-order valence-corrected chi connectivity index (χ2v) is 7.41. The van der Waals surface area contributed by atoms with Gasteiger partial charge >= 0.3 is 11.9 Å². The molecular formula is C17H9Cl2F3N4O2S. The molecule has 0 fully saturated rings. The lowest BCUT2D eigenvalue weighted by atomic mass is 10.2. The van der Waals surface area contributed by atoms with Gasteiger partial charge in [0, 0.05) is 15.6 Å². The normalized spacial score (nSPS) is 11.3. The van der Waals surface area contributed by atoms with E-state index < -0.39 is 27.4 Å². The quantitative estimate of drug-likeness (QED) is 0.262. The molecule has 3 aromatic rings. The van der Waals surface area contributed by atoms with E-state index >= 15 is 0 Å². The number of hydrogen-bond donors (Lipinski definition) is 1. The van der Waals surface area contributed by atoms with Crippen LogP contribution in [0.3, 0.4) is 0 Å². The van der Waals surface area contributed by atoms with Crippen molar-refractivity contribution in [3.63, 3.8) is 0 Å². The first-order valence-corrected chi connectivity index (χ1v) is 9.29. The van der Waals surface area contributed by atoms with Crippen LogP contribution in [0, 0.1) is 10.1 Å². The fourth-order valence-corrected chi connectivity index (χ4v) is 3.48. The zero-order valence-electron chi connectivity index (χ0n) is 14.1. The van der Waals surface area contributed by atoms with E-state index in [1.807, 2.05) is 0 Å². The second kappa shape index (κ2) is 8.44. The molecule has 0 aliphatic rings. The number of nitrogens with zero attached hydrogens (tertiary/aromatic N) is 3. The van der Waals surface area contributed by atoms with Crippen molar-refractivity contribution in [3.8, 4) is 0 Å². The lowest BCUT2D eigenvalue weighted by Gasteiger charge is -2.12. The number of anilines is 2. The highest BCUT2D eigenvalue weighted by atomic mass is 35.5. The van der Waals surface area contributed by atoms with Crippen LogP contribution in [0.1, 0.15) is 5.56 Å². The molecule has 6 nitrogen and oxygen atoms in total. The summed E-state index contributed by atoms with van der Waals surface area (Å²) in [6.07, 6.45) is -3.60. The molecule has 3 rings (SSSR count). The Labute approximate surface area is 176 Å². The number of alkyl halides is 3. The predicted molar refractivity (Wildman–Crippen MR) is 104 cm³/mol. The summed E-state index contributed by atoms with van der Waals surface area (Å²) < 4.78 is 39.2. The summed E-state index contributed by atoms with van der Waals surface area (Å²) in [5, 5.41) is 14.2. The molecule has 1 heterocycles. The summed E-state index contributed by atoms with van der Waals surface area (Å²) in [6, 6.07) is 9.59. The minimum absolute atomic E-state index is 0.0137. The first-order valence-electron chi connectivity index (χ1n) is 7.71. The SMILES string of the molecule is O=[N+]([O-])c1c(Nc2ccc(Cl)c(C(F)(F)F)c2)ncnc1Sc1ccc(Cl)cc1. The van der Waals surface area contributed by atoms with Gasteiger partial charge in [0.05, 0.1) is 15.5 Å². The highest BCUT2D eigenvalue weighted by molar-refractivity contribution is 7.99. The van der Waals surface area contributed by atoms with Crippen molar-refractivity contribution >= 4 is 52.2 Å². The van der Waals surface area contributed by atoms with E-state index in [1.165, 1.54) is 6.07 Å². The van der Waals surface area contributed by atoms with Crippen molar-refractivity contribution in [2.75, 3.05) is 5.32 Å². The van der Waals surface area contributed by atoms with E-state index in [9.17, 15) is 23.3 Å². The average molecular weight is 461 g/mol. The van der Waals surface area contributed by atoms with Gasteiger partial charge in [-0.05, 0) is 42.5 Å². The summed E-state index contributed by atoms with van der Waals surface area (Å²) in [6.45, 7) is 0. The Morgan fingerprint density at radius 1 is 1.07 bits per heavy atom. The van der Waals surface area contributed by atoms with Crippen LogP contribution in [0.4, 0.5) is 30.4 Å². The van der Waals surface area contributed by atoms with Crippen molar-refractivity contribution in [1.82, 2.24) is 9.97 Å². The lowest BCUT2D eigenvalue weighted by Crippen LogP contribution is -2.07. The number of nitro groups is 1.